The van der Waals surface area contributed by atoms with E-state index in [0.29, 0.717) is 37.5 Å². The lowest BCUT2D eigenvalue weighted by Crippen LogP contribution is -2.37. The predicted octanol–water partition coefficient (Wildman–Crippen LogP) is 3.20. The third-order valence-corrected chi connectivity index (χ3v) is 5.63. The number of aryl methyl sites for hydroxylation is 1. The van der Waals surface area contributed by atoms with E-state index in [0.717, 1.165) is 16.8 Å². The van der Waals surface area contributed by atoms with E-state index in [4.69, 9.17) is 14.3 Å². The van der Waals surface area contributed by atoms with Gasteiger partial charge in [0.05, 0.1) is 31.5 Å². The number of carbonyl (C=O) groups excluding carboxylic acids is 1. The fraction of sp³-hybridized carbons (Fsp3) is 0.417. The van der Waals surface area contributed by atoms with Crippen LogP contribution in [-0.2, 0) is 9.57 Å². The minimum Gasteiger partial charge on any atom is -0.491 e. The number of oxime groups is 1. The zero-order chi connectivity index (χ0) is 22.4. The van der Waals surface area contributed by atoms with Crippen molar-refractivity contribution in [2.24, 2.45) is 5.16 Å². The molecule has 0 unspecified atom stereocenters. The average molecular weight is 427 g/mol. The number of hydrogen-bond donors (Lipinski definition) is 1. The first kappa shape index (κ1) is 22.8. The van der Waals surface area contributed by atoms with Crippen molar-refractivity contribution >= 4 is 11.6 Å². The highest BCUT2D eigenvalue weighted by molar-refractivity contribution is 6.01. The van der Waals surface area contributed by atoms with Gasteiger partial charge in [0.15, 0.2) is 0 Å². The fourth-order valence-electron chi connectivity index (χ4n) is 3.81. The Kier molecular flexibility index (Phi) is 7.65. The van der Waals surface area contributed by atoms with E-state index in [-0.39, 0.29) is 18.6 Å². The molecule has 0 aliphatic carbocycles. The smallest absolute Gasteiger partial charge is 0.254 e. The molecule has 0 aromatic heterocycles. The zero-order valence-corrected chi connectivity index (χ0v) is 18.6. The van der Waals surface area contributed by atoms with Crippen LogP contribution in [0.2, 0.25) is 0 Å². The first-order chi connectivity index (χ1) is 15.0. The van der Waals surface area contributed by atoms with Gasteiger partial charge in [-0.15, -0.1) is 0 Å². The molecule has 0 bridgehead atoms. The van der Waals surface area contributed by atoms with Crippen LogP contribution in [0, 0.1) is 13.8 Å². The molecule has 7 heteroatoms. The Hall–Kier alpha value is -2.90. The third kappa shape index (κ3) is 5.06. The summed E-state index contributed by atoms with van der Waals surface area (Å²) < 4.78 is 11.1. The Morgan fingerprint density at radius 3 is 2.68 bits per heavy atom. The Morgan fingerprint density at radius 1 is 1.16 bits per heavy atom. The summed E-state index contributed by atoms with van der Waals surface area (Å²) in [6.45, 7) is 5.17. The number of aliphatic hydroxyl groups excluding tert-OH is 1. The van der Waals surface area contributed by atoms with Gasteiger partial charge in [-0.2, -0.15) is 0 Å². The molecule has 2 aromatic rings. The van der Waals surface area contributed by atoms with Gasteiger partial charge >= 0.3 is 0 Å². The molecular weight excluding hydrogens is 396 g/mol. The molecule has 1 atom stereocenters. The summed E-state index contributed by atoms with van der Waals surface area (Å²) in [5.74, 6) is 0.451. The molecular formula is C24H30N2O5. The third-order valence-electron chi connectivity index (χ3n) is 5.63. The van der Waals surface area contributed by atoms with E-state index in [2.05, 4.69) is 31.1 Å². The zero-order valence-electron chi connectivity index (χ0n) is 18.6. The average Bonchev–Trinajstić information content (AvgIpc) is 3.19. The second kappa shape index (κ2) is 10.4. The maximum atomic E-state index is 13.3. The molecule has 3 rings (SSSR count). The quantitative estimate of drug-likeness (QED) is 0.518. The van der Waals surface area contributed by atoms with E-state index in [9.17, 15) is 9.90 Å². The molecule has 1 saturated heterocycles. The highest BCUT2D eigenvalue weighted by Crippen LogP contribution is 2.35. The molecule has 7 nitrogen and oxygen atoms in total. The van der Waals surface area contributed by atoms with Crippen molar-refractivity contribution in [3.8, 4) is 16.9 Å². The lowest BCUT2D eigenvalue weighted by atomic mass is 9.95. The van der Waals surface area contributed by atoms with Crippen molar-refractivity contribution in [1.82, 2.24) is 4.90 Å². The van der Waals surface area contributed by atoms with E-state index in [1.807, 2.05) is 18.2 Å². The van der Waals surface area contributed by atoms with Crippen LogP contribution >= 0.6 is 0 Å². The SMILES string of the molecule is COCCOc1cc(C(=O)N2C/C(=N/OC)C[C@H]2CO)ccc1-c1cccc(C)c1C. The van der Waals surface area contributed by atoms with Crippen molar-refractivity contribution in [2.75, 3.05) is 40.6 Å². The number of methoxy groups -OCH3 is 1. The number of rotatable bonds is 8. The topological polar surface area (TPSA) is 80.6 Å². The Bertz CT molecular complexity index is 957. The first-order valence-electron chi connectivity index (χ1n) is 10.3. The minimum absolute atomic E-state index is 0.133. The summed E-state index contributed by atoms with van der Waals surface area (Å²) in [6.07, 6.45) is 0.494. The number of amides is 1. The van der Waals surface area contributed by atoms with E-state index in [1.165, 1.54) is 18.2 Å². The summed E-state index contributed by atoms with van der Waals surface area (Å²) in [5, 5.41) is 13.7. The van der Waals surface area contributed by atoms with Gasteiger partial charge in [0, 0.05) is 24.7 Å². The summed E-state index contributed by atoms with van der Waals surface area (Å²) in [6, 6.07) is 11.3. The Labute approximate surface area is 183 Å². The lowest BCUT2D eigenvalue weighted by molar-refractivity contribution is 0.0679. The molecule has 1 heterocycles. The van der Waals surface area contributed by atoms with Gasteiger partial charge in [0.25, 0.3) is 5.91 Å². The molecule has 1 aliphatic rings. The van der Waals surface area contributed by atoms with Gasteiger partial charge in [-0.1, -0.05) is 23.4 Å². The maximum Gasteiger partial charge on any atom is 0.254 e. The molecule has 1 N–H and O–H groups in total. The number of benzene rings is 2. The molecule has 0 spiro atoms. The van der Waals surface area contributed by atoms with Gasteiger partial charge in [-0.3, -0.25) is 4.79 Å². The number of hydrogen-bond acceptors (Lipinski definition) is 6. The standard InChI is InChI=1S/C24H30N2O5/c1-16-6-5-7-21(17(16)2)22-9-8-18(12-23(22)31-11-10-29-3)24(28)26-14-19(25-30-4)13-20(26)15-27/h5-9,12,20,27H,10-11,13-15H2,1-4H3/b25-19+/t20-/m0/s1. The van der Waals surface area contributed by atoms with Gasteiger partial charge < -0.3 is 24.3 Å². The number of likely N-dealkylation sites (tertiary alicyclic amines) is 1. The van der Waals surface area contributed by atoms with Gasteiger partial charge in [0.2, 0.25) is 0 Å². The normalized spacial score (nSPS) is 17.3. The molecule has 1 fully saturated rings. The highest BCUT2D eigenvalue weighted by Gasteiger charge is 2.33. The summed E-state index contributed by atoms with van der Waals surface area (Å²) in [5.41, 5.74) is 5.58. The maximum absolute atomic E-state index is 13.3. The summed E-state index contributed by atoms with van der Waals surface area (Å²) in [7, 11) is 3.09. The number of ether oxygens (including phenoxy) is 2. The van der Waals surface area contributed by atoms with Gasteiger partial charge in [0.1, 0.15) is 19.5 Å². The second-order valence-electron chi connectivity index (χ2n) is 7.61. The lowest BCUT2D eigenvalue weighted by Gasteiger charge is -2.23. The largest absolute Gasteiger partial charge is 0.491 e. The highest BCUT2D eigenvalue weighted by atomic mass is 16.6. The van der Waals surface area contributed by atoms with E-state index >= 15 is 0 Å². The monoisotopic (exact) mass is 426 g/mol. The summed E-state index contributed by atoms with van der Waals surface area (Å²) >= 11 is 0. The molecule has 166 valence electrons. The van der Waals surface area contributed by atoms with Crippen molar-refractivity contribution in [2.45, 2.75) is 26.3 Å². The van der Waals surface area contributed by atoms with Crippen LogP contribution in [0.3, 0.4) is 0 Å². The van der Waals surface area contributed by atoms with E-state index < -0.39 is 0 Å². The molecule has 31 heavy (non-hydrogen) atoms. The molecule has 2 aromatic carbocycles. The van der Waals surface area contributed by atoms with Crippen LogP contribution < -0.4 is 4.74 Å². The van der Waals surface area contributed by atoms with Crippen LogP contribution in [0.4, 0.5) is 0 Å². The van der Waals surface area contributed by atoms with Gasteiger partial charge in [-0.05, 0) is 48.7 Å². The van der Waals surface area contributed by atoms with Crippen molar-refractivity contribution < 1.29 is 24.2 Å². The molecule has 1 amide bonds. The molecule has 0 radical (unpaired) electrons. The van der Waals surface area contributed by atoms with Crippen molar-refractivity contribution in [3.05, 3.63) is 53.1 Å². The fourth-order valence-corrected chi connectivity index (χ4v) is 3.81. The van der Waals surface area contributed by atoms with Crippen LogP contribution in [0.1, 0.15) is 27.9 Å². The van der Waals surface area contributed by atoms with Crippen molar-refractivity contribution in [3.63, 3.8) is 0 Å². The van der Waals surface area contributed by atoms with Crippen LogP contribution in [0.5, 0.6) is 5.75 Å². The molecule has 0 saturated carbocycles. The number of nitrogens with zero attached hydrogens (tertiary/aromatic N) is 2. The summed E-state index contributed by atoms with van der Waals surface area (Å²) in [4.78, 5) is 19.7. The van der Waals surface area contributed by atoms with E-state index in [1.54, 1.807) is 18.1 Å². The minimum atomic E-state index is -0.321. The number of carbonyl (C=O) groups is 1. The predicted molar refractivity (Wildman–Crippen MR) is 120 cm³/mol. The molecule has 1 aliphatic heterocycles. The van der Waals surface area contributed by atoms with Crippen LogP contribution in [-0.4, -0.2) is 68.3 Å². The van der Waals surface area contributed by atoms with Crippen LogP contribution in [0.25, 0.3) is 11.1 Å². The van der Waals surface area contributed by atoms with Crippen molar-refractivity contribution in [1.29, 1.82) is 0 Å². The number of aliphatic hydroxyl groups is 1. The first-order valence-corrected chi connectivity index (χ1v) is 10.3. The Balaban J connectivity index is 1.96. The second-order valence-corrected chi connectivity index (χ2v) is 7.61. The van der Waals surface area contributed by atoms with Gasteiger partial charge in [-0.25, -0.2) is 0 Å². The Morgan fingerprint density at radius 2 is 1.97 bits per heavy atom. The van der Waals surface area contributed by atoms with Crippen LogP contribution in [0.15, 0.2) is 41.6 Å².